The number of amides is 1. The van der Waals surface area contributed by atoms with Crippen LogP contribution in [0.4, 0.5) is 13.2 Å². The Balaban J connectivity index is 1.76. The first-order valence-electron chi connectivity index (χ1n) is 8.53. The van der Waals surface area contributed by atoms with Gasteiger partial charge in [-0.25, -0.2) is 0 Å². The molecule has 0 aromatic heterocycles. The molecule has 1 heterocycles. The molecule has 0 unspecified atom stereocenters. The molecule has 2 atom stereocenters. The molecular weight excluding hydrogens is 423 g/mol. The van der Waals surface area contributed by atoms with Gasteiger partial charge >= 0.3 is 6.36 Å². The molecular formula is C20H13ClF3N3O3. The van der Waals surface area contributed by atoms with Gasteiger partial charge in [-0.1, -0.05) is 11.6 Å². The maximum Gasteiger partial charge on any atom is 0.573 e. The smallest absolute Gasteiger partial charge is 0.485 e. The van der Waals surface area contributed by atoms with Crippen LogP contribution in [0.3, 0.4) is 0 Å². The number of hydrogen-bond donors (Lipinski definition) is 1. The van der Waals surface area contributed by atoms with E-state index in [1.807, 2.05) is 12.1 Å². The summed E-state index contributed by atoms with van der Waals surface area (Å²) in [4.78, 5) is 12.6. The summed E-state index contributed by atoms with van der Waals surface area (Å²) in [5.41, 5.74) is -0.473. The summed E-state index contributed by atoms with van der Waals surface area (Å²) < 4.78 is 46.3. The van der Waals surface area contributed by atoms with Gasteiger partial charge in [0.1, 0.15) is 17.6 Å². The van der Waals surface area contributed by atoms with Crippen molar-refractivity contribution in [2.45, 2.75) is 31.3 Å². The number of ether oxygens (including phenoxy) is 2. The molecule has 0 aliphatic carbocycles. The molecule has 2 aromatic carbocycles. The Labute approximate surface area is 174 Å². The molecule has 0 bridgehead atoms. The number of benzene rings is 2. The number of carbonyl (C=O) groups is 1. The topological polar surface area (TPSA) is 95.1 Å². The highest BCUT2D eigenvalue weighted by Gasteiger charge is 2.43. The number of nitrogens with one attached hydrogen (secondary N) is 1. The Bertz CT molecular complexity index is 1070. The molecule has 0 spiro atoms. The number of rotatable bonds is 4. The van der Waals surface area contributed by atoms with E-state index < -0.39 is 29.7 Å². The highest BCUT2D eigenvalue weighted by Crippen LogP contribution is 2.39. The second-order valence-electron chi connectivity index (χ2n) is 6.71. The van der Waals surface area contributed by atoms with Gasteiger partial charge in [-0.05, 0) is 43.3 Å². The first kappa shape index (κ1) is 21.3. The van der Waals surface area contributed by atoms with E-state index in [-0.39, 0.29) is 17.0 Å². The van der Waals surface area contributed by atoms with E-state index in [0.29, 0.717) is 16.9 Å². The standard InChI is InChI=1S/C20H13ClF3N3O3/c1-19(10-26,16-8-13-6-11(9-25)7-15(21)17(13)29-16)27-18(28)12-2-4-14(5-3-12)30-20(22,23)24/h2-7,16H,8H2,1H3,(H,27,28)/t16-,19+/m1/s1. The van der Waals surface area contributed by atoms with E-state index in [2.05, 4.69) is 10.1 Å². The van der Waals surface area contributed by atoms with Gasteiger partial charge in [0.05, 0.1) is 22.7 Å². The maximum atomic E-state index is 12.6. The minimum absolute atomic E-state index is 0.0336. The number of nitriles is 2. The molecule has 10 heteroatoms. The number of hydrogen-bond acceptors (Lipinski definition) is 5. The van der Waals surface area contributed by atoms with Crippen molar-refractivity contribution in [2.24, 2.45) is 0 Å². The fourth-order valence-corrected chi connectivity index (χ4v) is 3.28. The van der Waals surface area contributed by atoms with E-state index in [9.17, 15) is 23.2 Å². The Morgan fingerprint density at radius 1 is 1.27 bits per heavy atom. The molecule has 1 aliphatic heterocycles. The molecule has 1 N–H and O–H groups in total. The third kappa shape index (κ3) is 4.42. The van der Waals surface area contributed by atoms with Crippen LogP contribution in [0.2, 0.25) is 5.02 Å². The van der Waals surface area contributed by atoms with Crippen molar-refractivity contribution in [2.75, 3.05) is 0 Å². The second-order valence-corrected chi connectivity index (χ2v) is 7.12. The number of fused-ring (bicyclic) bond motifs is 1. The number of halogens is 4. The minimum atomic E-state index is -4.84. The fourth-order valence-electron chi connectivity index (χ4n) is 3.00. The van der Waals surface area contributed by atoms with Crippen molar-refractivity contribution in [1.29, 1.82) is 10.5 Å². The molecule has 3 rings (SSSR count). The van der Waals surface area contributed by atoms with Crippen LogP contribution >= 0.6 is 11.6 Å². The summed E-state index contributed by atoms with van der Waals surface area (Å²) in [6.45, 7) is 1.46. The van der Waals surface area contributed by atoms with Gasteiger partial charge in [0.25, 0.3) is 5.91 Å². The van der Waals surface area contributed by atoms with Gasteiger partial charge in [-0.15, -0.1) is 13.2 Å². The Hall–Kier alpha value is -3.43. The molecule has 2 aromatic rings. The molecule has 30 heavy (non-hydrogen) atoms. The Kier molecular flexibility index (Phi) is 5.51. The molecule has 6 nitrogen and oxygen atoms in total. The van der Waals surface area contributed by atoms with Crippen LogP contribution < -0.4 is 14.8 Å². The predicted molar refractivity (Wildman–Crippen MR) is 98.9 cm³/mol. The summed E-state index contributed by atoms with van der Waals surface area (Å²) in [6, 6.07) is 11.3. The van der Waals surface area contributed by atoms with Crippen molar-refractivity contribution in [3.8, 4) is 23.6 Å². The summed E-state index contributed by atoms with van der Waals surface area (Å²) in [5, 5.41) is 21.5. The monoisotopic (exact) mass is 435 g/mol. The Morgan fingerprint density at radius 3 is 2.50 bits per heavy atom. The van der Waals surface area contributed by atoms with Crippen molar-refractivity contribution >= 4 is 17.5 Å². The van der Waals surface area contributed by atoms with Gasteiger partial charge in [0, 0.05) is 17.5 Å². The van der Waals surface area contributed by atoms with Crippen LogP contribution in [0.1, 0.15) is 28.4 Å². The first-order chi connectivity index (χ1) is 14.0. The summed E-state index contributed by atoms with van der Waals surface area (Å²) in [7, 11) is 0. The molecule has 0 radical (unpaired) electrons. The van der Waals surface area contributed by atoms with Gasteiger partial charge in [-0.2, -0.15) is 10.5 Å². The zero-order valence-corrected chi connectivity index (χ0v) is 16.1. The molecule has 1 amide bonds. The van der Waals surface area contributed by atoms with E-state index in [1.54, 1.807) is 6.07 Å². The quantitative estimate of drug-likeness (QED) is 0.779. The second kappa shape index (κ2) is 7.77. The molecule has 0 saturated heterocycles. The van der Waals surface area contributed by atoms with E-state index in [1.165, 1.54) is 13.0 Å². The fraction of sp³-hybridized carbons (Fsp3) is 0.250. The van der Waals surface area contributed by atoms with Gasteiger partial charge in [0.2, 0.25) is 0 Å². The van der Waals surface area contributed by atoms with E-state index in [4.69, 9.17) is 21.6 Å². The van der Waals surface area contributed by atoms with Gasteiger partial charge in [0.15, 0.2) is 5.54 Å². The normalized spacial score (nSPS) is 17.0. The summed E-state index contributed by atoms with van der Waals surface area (Å²) >= 11 is 6.14. The molecule has 0 saturated carbocycles. The van der Waals surface area contributed by atoms with Crippen molar-refractivity contribution < 1.29 is 27.4 Å². The molecule has 0 fully saturated rings. The van der Waals surface area contributed by atoms with Gasteiger partial charge in [-0.3, -0.25) is 4.79 Å². The van der Waals surface area contributed by atoms with Crippen LogP contribution in [-0.2, 0) is 6.42 Å². The first-order valence-corrected chi connectivity index (χ1v) is 8.91. The van der Waals surface area contributed by atoms with Crippen molar-refractivity contribution in [3.63, 3.8) is 0 Å². The lowest BCUT2D eigenvalue weighted by molar-refractivity contribution is -0.274. The van der Waals surface area contributed by atoms with Crippen LogP contribution in [-0.4, -0.2) is 23.9 Å². The van der Waals surface area contributed by atoms with Crippen molar-refractivity contribution in [1.82, 2.24) is 5.32 Å². The minimum Gasteiger partial charge on any atom is -0.485 e. The zero-order chi connectivity index (χ0) is 22.1. The van der Waals surface area contributed by atoms with Crippen LogP contribution in [0.5, 0.6) is 11.5 Å². The largest absolute Gasteiger partial charge is 0.573 e. The lowest BCUT2D eigenvalue weighted by Crippen LogP contribution is -2.55. The maximum absolute atomic E-state index is 12.6. The predicted octanol–water partition coefficient (Wildman–Crippen LogP) is 4.13. The summed E-state index contributed by atoms with van der Waals surface area (Å²) in [5.74, 6) is -0.814. The highest BCUT2D eigenvalue weighted by molar-refractivity contribution is 6.32. The van der Waals surface area contributed by atoms with E-state index >= 15 is 0 Å². The third-order valence-electron chi connectivity index (χ3n) is 4.51. The number of alkyl halides is 3. The highest BCUT2D eigenvalue weighted by atomic mass is 35.5. The SMILES string of the molecule is C[C@@](C#N)(NC(=O)c1ccc(OC(F)(F)F)cc1)[C@H]1Cc2cc(C#N)cc(Cl)c2O1. The van der Waals surface area contributed by atoms with Gasteiger partial charge < -0.3 is 14.8 Å². The van der Waals surface area contributed by atoms with Crippen LogP contribution in [0.15, 0.2) is 36.4 Å². The average Bonchev–Trinajstić information content (AvgIpc) is 3.12. The number of nitrogens with zero attached hydrogens (tertiary/aromatic N) is 2. The molecule has 1 aliphatic rings. The van der Waals surface area contributed by atoms with Crippen molar-refractivity contribution in [3.05, 3.63) is 58.1 Å². The Morgan fingerprint density at radius 2 is 1.93 bits per heavy atom. The molecule has 154 valence electrons. The summed E-state index contributed by atoms with van der Waals surface area (Å²) in [6.07, 6.45) is -5.40. The number of carbonyl (C=O) groups excluding carboxylic acids is 1. The lowest BCUT2D eigenvalue weighted by Gasteiger charge is -2.29. The van der Waals surface area contributed by atoms with Crippen LogP contribution in [0, 0.1) is 22.7 Å². The lowest BCUT2D eigenvalue weighted by atomic mass is 9.92. The zero-order valence-electron chi connectivity index (χ0n) is 15.4. The van der Waals surface area contributed by atoms with Crippen LogP contribution in [0.25, 0.3) is 0 Å². The third-order valence-corrected chi connectivity index (χ3v) is 4.80. The van der Waals surface area contributed by atoms with E-state index in [0.717, 1.165) is 24.3 Å². The average molecular weight is 436 g/mol.